The van der Waals surface area contributed by atoms with Gasteiger partial charge in [-0.1, -0.05) is 24.2 Å². The van der Waals surface area contributed by atoms with Crippen LogP contribution in [0.2, 0.25) is 0 Å². The van der Waals surface area contributed by atoms with Crippen LogP contribution >= 0.6 is 0 Å². The monoisotopic (exact) mass is 304 g/mol. The Morgan fingerprint density at radius 2 is 1.91 bits per heavy atom. The highest BCUT2D eigenvalue weighted by Gasteiger charge is 2.22. The van der Waals surface area contributed by atoms with Gasteiger partial charge in [-0.05, 0) is 26.2 Å². The van der Waals surface area contributed by atoms with Gasteiger partial charge in [0.1, 0.15) is 17.1 Å². The molecule has 2 amide bonds. The van der Waals surface area contributed by atoms with E-state index in [-0.39, 0.29) is 11.9 Å². The topological polar surface area (TPSA) is 93.2 Å². The van der Waals surface area contributed by atoms with Crippen molar-refractivity contribution in [2.75, 3.05) is 10.6 Å². The summed E-state index contributed by atoms with van der Waals surface area (Å²) in [7, 11) is 0. The van der Waals surface area contributed by atoms with Crippen molar-refractivity contribution in [3.8, 4) is 0 Å². The van der Waals surface area contributed by atoms with Gasteiger partial charge in [0.25, 0.3) is 0 Å². The highest BCUT2D eigenvalue weighted by atomic mass is 16.5. The third-order valence-electron chi connectivity index (χ3n) is 3.83. The minimum Gasteiger partial charge on any atom is -0.359 e. The molecule has 0 atom stereocenters. The molecule has 0 radical (unpaired) electrons. The highest BCUT2D eigenvalue weighted by Crippen LogP contribution is 2.29. The van der Waals surface area contributed by atoms with Crippen molar-refractivity contribution in [1.29, 1.82) is 0 Å². The molecule has 2 aromatic rings. The lowest BCUT2D eigenvalue weighted by molar-refractivity contribution is 0.261. The maximum absolute atomic E-state index is 12.2. The summed E-state index contributed by atoms with van der Waals surface area (Å²) in [4.78, 5) is 12.2. The number of nitrogens with one attached hydrogen (secondary N) is 2. The summed E-state index contributed by atoms with van der Waals surface area (Å²) in [5.74, 6) is 2.18. The van der Waals surface area contributed by atoms with Crippen LogP contribution in [0, 0.1) is 6.92 Å². The standard InChI is InChI=1S/C15H20N4O3/c1-8(2)13-12(9(3)18-22-13)16-15(20)17-14-10-6-4-5-7-11(10)21-19-14/h8H,4-7H2,1-3H3,(H2,16,17,19,20). The molecule has 1 aliphatic carbocycles. The van der Waals surface area contributed by atoms with E-state index in [4.69, 9.17) is 9.05 Å². The van der Waals surface area contributed by atoms with E-state index in [0.717, 1.165) is 37.0 Å². The van der Waals surface area contributed by atoms with E-state index < -0.39 is 0 Å². The molecule has 1 aliphatic rings. The zero-order valence-corrected chi connectivity index (χ0v) is 13.0. The van der Waals surface area contributed by atoms with Crippen LogP contribution in [-0.4, -0.2) is 16.3 Å². The summed E-state index contributed by atoms with van der Waals surface area (Å²) in [6.07, 6.45) is 3.96. The molecule has 0 saturated heterocycles. The lowest BCUT2D eigenvalue weighted by Crippen LogP contribution is -2.21. The van der Waals surface area contributed by atoms with Crippen molar-refractivity contribution < 1.29 is 13.8 Å². The van der Waals surface area contributed by atoms with E-state index in [0.29, 0.717) is 23.0 Å². The summed E-state index contributed by atoms with van der Waals surface area (Å²) in [5.41, 5.74) is 2.28. The molecule has 118 valence electrons. The van der Waals surface area contributed by atoms with Crippen molar-refractivity contribution in [1.82, 2.24) is 10.3 Å². The molecular weight excluding hydrogens is 284 g/mol. The van der Waals surface area contributed by atoms with Crippen LogP contribution in [0.5, 0.6) is 0 Å². The molecule has 0 aliphatic heterocycles. The average Bonchev–Trinajstić information content (AvgIpc) is 3.04. The lowest BCUT2D eigenvalue weighted by Gasteiger charge is -2.11. The molecule has 22 heavy (non-hydrogen) atoms. The van der Waals surface area contributed by atoms with Gasteiger partial charge in [-0.2, -0.15) is 0 Å². The minimum atomic E-state index is -0.366. The van der Waals surface area contributed by atoms with Crippen LogP contribution in [0.3, 0.4) is 0 Å². The average molecular weight is 304 g/mol. The number of carbonyl (C=O) groups excluding carboxylic acids is 1. The number of aryl methyl sites for hydroxylation is 2. The van der Waals surface area contributed by atoms with Gasteiger partial charge in [-0.15, -0.1) is 0 Å². The van der Waals surface area contributed by atoms with Gasteiger partial charge >= 0.3 is 6.03 Å². The third kappa shape index (κ3) is 2.70. The van der Waals surface area contributed by atoms with Crippen molar-refractivity contribution in [2.45, 2.75) is 52.4 Å². The maximum atomic E-state index is 12.2. The molecule has 3 rings (SSSR count). The zero-order chi connectivity index (χ0) is 15.7. The fourth-order valence-corrected chi connectivity index (χ4v) is 2.67. The largest absolute Gasteiger partial charge is 0.359 e. The van der Waals surface area contributed by atoms with Gasteiger partial charge in [0.05, 0.1) is 0 Å². The highest BCUT2D eigenvalue weighted by molar-refractivity contribution is 6.00. The molecule has 0 saturated carbocycles. The number of hydrogen-bond donors (Lipinski definition) is 2. The van der Waals surface area contributed by atoms with E-state index in [1.54, 1.807) is 6.92 Å². The number of carbonyl (C=O) groups is 1. The molecule has 7 heteroatoms. The van der Waals surface area contributed by atoms with Crippen LogP contribution in [0.25, 0.3) is 0 Å². The molecular formula is C15H20N4O3. The second kappa shape index (κ2) is 5.82. The summed E-state index contributed by atoms with van der Waals surface area (Å²) < 4.78 is 10.5. The summed E-state index contributed by atoms with van der Waals surface area (Å²) in [6.45, 7) is 5.76. The lowest BCUT2D eigenvalue weighted by atomic mass is 9.98. The number of urea groups is 1. The van der Waals surface area contributed by atoms with Crippen LogP contribution in [0.15, 0.2) is 9.05 Å². The number of fused-ring (bicyclic) bond motifs is 1. The Bertz CT molecular complexity index is 687. The molecule has 0 fully saturated rings. The molecule has 2 heterocycles. The number of aromatic nitrogens is 2. The van der Waals surface area contributed by atoms with Gasteiger partial charge in [-0.3, -0.25) is 5.32 Å². The number of anilines is 2. The number of nitrogens with zero attached hydrogens (tertiary/aromatic N) is 2. The normalized spacial score (nSPS) is 14.0. The number of rotatable bonds is 3. The number of amides is 2. The van der Waals surface area contributed by atoms with Crippen LogP contribution in [0.1, 0.15) is 55.4 Å². The van der Waals surface area contributed by atoms with Gasteiger partial charge in [0.2, 0.25) is 0 Å². The van der Waals surface area contributed by atoms with Gasteiger partial charge in [0.15, 0.2) is 11.6 Å². The molecule has 0 unspecified atom stereocenters. The molecule has 2 aromatic heterocycles. The van der Waals surface area contributed by atoms with Crippen LogP contribution in [-0.2, 0) is 12.8 Å². The number of hydrogen-bond acceptors (Lipinski definition) is 5. The van der Waals surface area contributed by atoms with E-state index in [1.807, 2.05) is 13.8 Å². The first-order valence-corrected chi connectivity index (χ1v) is 7.58. The summed E-state index contributed by atoms with van der Waals surface area (Å²) in [6, 6.07) is -0.366. The zero-order valence-electron chi connectivity index (χ0n) is 13.0. The van der Waals surface area contributed by atoms with Crippen molar-refractivity contribution in [3.63, 3.8) is 0 Å². The van der Waals surface area contributed by atoms with Crippen molar-refractivity contribution in [2.24, 2.45) is 0 Å². The van der Waals surface area contributed by atoms with Crippen LogP contribution < -0.4 is 10.6 Å². The maximum Gasteiger partial charge on any atom is 0.325 e. The molecule has 0 aromatic carbocycles. The van der Waals surface area contributed by atoms with E-state index in [9.17, 15) is 4.79 Å². The van der Waals surface area contributed by atoms with Gasteiger partial charge in [-0.25, -0.2) is 4.79 Å². The van der Waals surface area contributed by atoms with E-state index >= 15 is 0 Å². The van der Waals surface area contributed by atoms with E-state index in [2.05, 4.69) is 20.9 Å². The third-order valence-corrected chi connectivity index (χ3v) is 3.83. The molecule has 7 nitrogen and oxygen atoms in total. The fourth-order valence-electron chi connectivity index (χ4n) is 2.67. The SMILES string of the molecule is Cc1noc(C(C)C)c1NC(=O)Nc1noc2c1CCCC2. The Kier molecular flexibility index (Phi) is 3.87. The Labute approximate surface area is 128 Å². The van der Waals surface area contributed by atoms with Crippen molar-refractivity contribution >= 4 is 17.5 Å². The predicted molar refractivity (Wildman–Crippen MR) is 81.1 cm³/mol. The molecule has 2 N–H and O–H groups in total. The summed E-state index contributed by atoms with van der Waals surface area (Å²) >= 11 is 0. The van der Waals surface area contributed by atoms with E-state index in [1.165, 1.54) is 0 Å². The Morgan fingerprint density at radius 3 is 2.68 bits per heavy atom. The second-order valence-electron chi connectivity index (χ2n) is 5.88. The smallest absolute Gasteiger partial charge is 0.325 e. The molecule has 0 bridgehead atoms. The quantitative estimate of drug-likeness (QED) is 0.903. The first kappa shape index (κ1) is 14.6. The minimum absolute atomic E-state index is 0.135. The van der Waals surface area contributed by atoms with Crippen molar-refractivity contribution in [3.05, 3.63) is 22.8 Å². The first-order valence-electron chi connectivity index (χ1n) is 7.58. The van der Waals surface area contributed by atoms with Crippen LogP contribution in [0.4, 0.5) is 16.3 Å². The van der Waals surface area contributed by atoms with Gasteiger partial charge < -0.3 is 14.4 Å². The molecule has 0 spiro atoms. The predicted octanol–water partition coefficient (Wildman–Crippen LogP) is 3.62. The second-order valence-corrected chi connectivity index (χ2v) is 5.88. The Balaban J connectivity index is 1.73. The van der Waals surface area contributed by atoms with Gasteiger partial charge in [0, 0.05) is 17.9 Å². The Hall–Kier alpha value is -2.31. The Morgan fingerprint density at radius 1 is 1.14 bits per heavy atom. The summed E-state index contributed by atoms with van der Waals surface area (Å²) in [5, 5.41) is 13.4. The first-order chi connectivity index (χ1) is 10.6. The fraction of sp³-hybridized carbons (Fsp3) is 0.533.